The van der Waals surface area contributed by atoms with Crippen LogP contribution in [-0.2, 0) is 4.74 Å². The summed E-state index contributed by atoms with van der Waals surface area (Å²) in [6, 6.07) is 3.67. The highest BCUT2D eigenvalue weighted by Gasteiger charge is 2.13. The van der Waals surface area contributed by atoms with Crippen molar-refractivity contribution in [2.24, 2.45) is 5.92 Å². The van der Waals surface area contributed by atoms with Crippen LogP contribution in [0.2, 0.25) is 5.02 Å². The number of methoxy groups -OCH3 is 1. The fourth-order valence-corrected chi connectivity index (χ4v) is 2.65. The largest absolute Gasteiger partial charge is 0.480 e. The maximum atomic E-state index is 5.95. The molecule has 0 unspecified atom stereocenters. The highest BCUT2D eigenvalue weighted by Crippen LogP contribution is 2.29. The van der Waals surface area contributed by atoms with Crippen LogP contribution in [0.1, 0.15) is 18.5 Å². The molecule has 18 heavy (non-hydrogen) atoms. The van der Waals surface area contributed by atoms with E-state index in [0.717, 1.165) is 36.2 Å². The lowest BCUT2D eigenvalue weighted by Gasteiger charge is -2.19. The highest BCUT2D eigenvalue weighted by molar-refractivity contribution is 9.15. The van der Waals surface area contributed by atoms with Crippen LogP contribution >= 0.6 is 27.5 Å². The van der Waals surface area contributed by atoms with Gasteiger partial charge in [0.15, 0.2) is 0 Å². The molecule has 0 radical (unpaired) electrons. The first-order chi connectivity index (χ1) is 8.70. The summed E-state index contributed by atoms with van der Waals surface area (Å²) >= 11 is 9.52. The van der Waals surface area contributed by atoms with E-state index in [2.05, 4.69) is 27.0 Å². The molecule has 1 fully saturated rings. The molecule has 0 spiro atoms. The molecule has 1 saturated heterocycles. The zero-order valence-corrected chi connectivity index (χ0v) is 12.5. The third-order valence-electron chi connectivity index (χ3n) is 2.90. The third kappa shape index (κ3) is 3.46. The Bertz CT molecular complexity index is 445. The molecule has 1 aliphatic rings. The highest BCUT2D eigenvalue weighted by atomic mass is 79.9. The summed E-state index contributed by atoms with van der Waals surface area (Å²) < 4.78 is 11.4. The molecule has 1 aromatic heterocycles. The van der Waals surface area contributed by atoms with Crippen molar-refractivity contribution >= 4 is 32.0 Å². The van der Waals surface area contributed by atoms with Gasteiger partial charge >= 0.3 is 0 Å². The SMILES string of the molecule is COc1nc(C(Br)=CC2CCOCC2)ccc1Cl. The molecule has 3 nitrogen and oxygen atoms in total. The Hall–Kier alpha value is -0.580. The number of allylic oxidation sites excluding steroid dienone is 1. The Kier molecular flexibility index (Phi) is 5.03. The molecule has 0 atom stereocenters. The van der Waals surface area contributed by atoms with Gasteiger partial charge in [-0.15, -0.1) is 0 Å². The van der Waals surface area contributed by atoms with Crippen molar-refractivity contribution in [2.75, 3.05) is 20.3 Å². The molecule has 0 N–H and O–H groups in total. The molecular weight excluding hydrogens is 318 g/mol. The summed E-state index contributed by atoms with van der Waals surface area (Å²) in [5.74, 6) is 0.989. The fourth-order valence-electron chi connectivity index (χ4n) is 1.87. The molecule has 5 heteroatoms. The van der Waals surface area contributed by atoms with Crippen LogP contribution in [0.3, 0.4) is 0 Å². The van der Waals surface area contributed by atoms with Gasteiger partial charge in [0, 0.05) is 17.7 Å². The number of nitrogens with zero attached hydrogens (tertiary/aromatic N) is 1. The molecule has 0 bridgehead atoms. The molecule has 1 aromatic rings. The van der Waals surface area contributed by atoms with Gasteiger partial charge in [0.1, 0.15) is 5.02 Å². The Morgan fingerprint density at radius 1 is 1.50 bits per heavy atom. The van der Waals surface area contributed by atoms with Crippen molar-refractivity contribution in [3.63, 3.8) is 0 Å². The van der Waals surface area contributed by atoms with Crippen molar-refractivity contribution in [1.82, 2.24) is 4.98 Å². The van der Waals surface area contributed by atoms with Crippen LogP contribution in [0.25, 0.3) is 4.48 Å². The number of hydrogen-bond donors (Lipinski definition) is 0. The predicted molar refractivity (Wildman–Crippen MR) is 76.2 cm³/mol. The maximum Gasteiger partial charge on any atom is 0.232 e. The van der Waals surface area contributed by atoms with E-state index in [1.54, 1.807) is 13.2 Å². The Morgan fingerprint density at radius 3 is 2.89 bits per heavy atom. The minimum Gasteiger partial charge on any atom is -0.480 e. The predicted octanol–water partition coefficient (Wildman–Crippen LogP) is 3.91. The van der Waals surface area contributed by atoms with Gasteiger partial charge in [-0.3, -0.25) is 0 Å². The quantitative estimate of drug-likeness (QED) is 0.841. The number of hydrogen-bond acceptors (Lipinski definition) is 3. The molecular formula is C13H15BrClNO2. The number of rotatable bonds is 3. The number of pyridine rings is 1. The zero-order valence-electron chi connectivity index (χ0n) is 10.2. The third-order valence-corrected chi connectivity index (χ3v) is 3.86. The van der Waals surface area contributed by atoms with E-state index in [0.29, 0.717) is 16.8 Å². The minimum absolute atomic E-state index is 0.450. The molecule has 2 rings (SSSR count). The van der Waals surface area contributed by atoms with Crippen molar-refractivity contribution in [1.29, 1.82) is 0 Å². The van der Waals surface area contributed by atoms with Crippen LogP contribution in [0.15, 0.2) is 18.2 Å². The van der Waals surface area contributed by atoms with Gasteiger partial charge in [0.25, 0.3) is 0 Å². The molecule has 0 aliphatic carbocycles. The fraction of sp³-hybridized carbons (Fsp3) is 0.462. The van der Waals surface area contributed by atoms with Crippen LogP contribution in [0.5, 0.6) is 5.88 Å². The normalized spacial score (nSPS) is 17.8. The monoisotopic (exact) mass is 331 g/mol. The van der Waals surface area contributed by atoms with Gasteiger partial charge in [0.2, 0.25) is 5.88 Å². The zero-order chi connectivity index (χ0) is 13.0. The van der Waals surface area contributed by atoms with E-state index in [1.807, 2.05) is 6.07 Å². The van der Waals surface area contributed by atoms with Crippen molar-refractivity contribution < 1.29 is 9.47 Å². The second-order valence-electron chi connectivity index (χ2n) is 4.15. The molecule has 1 aliphatic heterocycles. The summed E-state index contributed by atoms with van der Waals surface area (Å²) in [6.45, 7) is 1.66. The Balaban J connectivity index is 2.16. The van der Waals surface area contributed by atoms with Gasteiger partial charge in [-0.2, -0.15) is 0 Å². The second-order valence-corrected chi connectivity index (χ2v) is 5.41. The first kappa shape index (κ1) is 13.8. The molecule has 0 amide bonds. The lowest BCUT2D eigenvalue weighted by atomic mass is 9.99. The van der Waals surface area contributed by atoms with Crippen molar-refractivity contribution in [2.45, 2.75) is 12.8 Å². The number of aromatic nitrogens is 1. The second kappa shape index (κ2) is 6.55. The van der Waals surface area contributed by atoms with Gasteiger partial charge in [0.05, 0.1) is 12.8 Å². The van der Waals surface area contributed by atoms with Crippen LogP contribution < -0.4 is 4.74 Å². The number of ether oxygens (including phenoxy) is 2. The summed E-state index contributed by atoms with van der Waals surface area (Å²) in [5.41, 5.74) is 0.836. The van der Waals surface area contributed by atoms with E-state index in [4.69, 9.17) is 21.1 Å². The van der Waals surface area contributed by atoms with E-state index >= 15 is 0 Å². The summed E-state index contributed by atoms with van der Waals surface area (Å²) in [4.78, 5) is 4.36. The van der Waals surface area contributed by atoms with E-state index < -0.39 is 0 Å². The minimum atomic E-state index is 0.450. The molecule has 0 aromatic carbocycles. The van der Waals surface area contributed by atoms with Crippen LogP contribution in [0.4, 0.5) is 0 Å². The van der Waals surface area contributed by atoms with E-state index in [-0.39, 0.29) is 0 Å². The summed E-state index contributed by atoms with van der Waals surface area (Å²) in [6.07, 6.45) is 4.30. The Labute approximate surface area is 120 Å². The lowest BCUT2D eigenvalue weighted by molar-refractivity contribution is 0.0787. The maximum absolute atomic E-state index is 5.95. The van der Waals surface area contributed by atoms with Gasteiger partial charge in [-0.25, -0.2) is 4.98 Å². The van der Waals surface area contributed by atoms with Gasteiger partial charge in [-0.05, 0) is 46.8 Å². The molecule has 0 saturated carbocycles. The van der Waals surface area contributed by atoms with Crippen LogP contribution in [0, 0.1) is 5.92 Å². The average molecular weight is 333 g/mol. The lowest BCUT2D eigenvalue weighted by Crippen LogP contribution is -2.13. The molecule has 98 valence electrons. The van der Waals surface area contributed by atoms with Crippen LogP contribution in [-0.4, -0.2) is 25.3 Å². The first-order valence-electron chi connectivity index (χ1n) is 5.86. The summed E-state index contributed by atoms with van der Waals surface area (Å²) in [5, 5.41) is 0.521. The first-order valence-corrected chi connectivity index (χ1v) is 7.04. The average Bonchev–Trinajstić information content (AvgIpc) is 2.40. The Morgan fingerprint density at radius 2 is 2.22 bits per heavy atom. The topological polar surface area (TPSA) is 31.4 Å². The van der Waals surface area contributed by atoms with E-state index in [9.17, 15) is 0 Å². The number of halogens is 2. The molecule has 2 heterocycles. The van der Waals surface area contributed by atoms with Crippen molar-refractivity contribution in [3.05, 3.63) is 28.9 Å². The van der Waals surface area contributed by atoms with Gasteiger partial charge in [-0.1, -0.05) is 17.7 Å². The van der Waals surface area contributed by atoms with Gasteiger partial charge < -0.3 is 9.47 Å². The van der Waals surface area contributed by atoms with E-state index in [1.165, 1.54) is 0 Å². The summed E-state index contributed by atoms with van der Waals surface area (Å²) in [7, 11) is 1.56. The van der Waals surface area contributed by atoms with Crippen molar-refractivity contribution in [3.8, 4) is 5.88 Å². The standard InChI is InChI=1S/C13H15BrClNO2/c1-17-13-11(15)2-3-12(16-13)10(14)8-9-4-6-18-7-5-9/h2-3,8-9H,4-7H2,1H3. The smallest absolute Gasteiger partial charge is 0.232 e.